The molecule has 5 nitrogen and oxygen atoms in total. The minimum absolute atomic E-state index is 0.210. The van der Waals surface area contributed by atoms with Gasteiger partial charge in [-0.1, -0.05) is 0 Å². The molecule has 0 saturated heterocycles. The fraction of sp³-hybridized carbons (Fsp3) is 0.250. The van der Waals surface area contributed by atoms with Gasteiger partial charge in [0.2, 0.25) is 0 Å². The van der Waals surface area contributed by atoms with Crippen molar-refractivity contribution in [2.45, 2.75) is 27.3 Å². The molecule has 1 aromatic carbocycles. The molecule has 0 atom stereocenters. The molecule has 1 N–H and O–H groups in total. The molecule has 0 amide bonds. The van der Waals surface area contributed by atoms with Crippen LogP contribution in [0.2, 0.25) is 0 Å². The fourth-order valence-corrected chi connectivity index (χ4v) is 2.44. The summed E-state index contributed by atoms with van der Waals surface area (Å²) in [5.41, 5.74) is 4.56. The van der Waals surface area contributed by atoms with Crippen LogP contribution in [0.1, 0.15) is 33.0 Å². The van der Waals surface area contributed by atoms with Crippen molar-refractivity contribution in [3.8, 4) is 0 Å². The Morgan fingerprint density at radius 1 is 1.24 bits per heavy atom. The predicted molar refractivity (Wildman–Crippen MR) is 78.7 cm³/mol. The summed E-state index contributed by atoms with van der Waals surface area (Å²) in [5.74, 6) is 0.0702. The third kappa shape index (κ3) is 2.31. The topological polar surface area (TPSA) is 68.3 Å². The van der Waals surface area contributed by atoms with Crippen molar-refractivity contribution in [2.24, 2.45) is 0 Å². The lowest BCUT2D eigenvalue weighted by Crippen LogP contribution is -1.98. The molecule has 0 aliphatic carbocycles. The van der Waals surface area contributed by atoms with E-state index in [1.54, 1.807) is 19.3 Å². The maximum Gasteiger partial charge on any atom is 0.339 e. The van der Waals surface area contributed by atoms with E-state index in [0.717, 1.165) is 11.0 Å². The third-order valence-corrected chi connectivity index (χ3v) is 3.76. The lowest BCUT2D eigenvalue weighted by atomic mass is 10.1. The first-order valence-corrected chi connectivity index (χ1v) is 6.70. The number of hydrogen-bond acceptors (Lipinski definition) is 3. The molecule has 0 saturated carbocycles. The van der Waals surface area contributed by atoms with Crippen LogP contribution in [-0.2, 0) is 6.54 Å². The first-order valence-electron chi connectivity index (χ1n) is 6.70. The second-order valence-electron chi connectivity index (χ2n) is 5.29. The molecular weight excluding hydrogens is 268 g/mol. The molecule has 5 heteroatoms. The van der Waals surface area contributed by atoms with Crippen LogP contribution in [0.25, 0.3) is 11.0 Å². The summed E-state index contributed by atoms with van der Waals surface area (Å²) in [6, 6.07) is 5.72. The molecule has 3 rings (SSSR count). The monoisotopic (exact) mass is 284 g/mol. The predicted octanol–water partition coefficient (Wildman–Crippen LogP) is 3.30. The van der Waals surface area contributed by atoms with Crippen molar-refractivity contribution in [1.29, 1.82) is 0 Å². The summed E-state index contributed by atoms with van der Waals surface area (Å²) in [6.45, 7) is 6.24. The molecule has 0 unspecified atom stereocenters. The van der Waals surface area contributed by atoms with E-state index >= 15 is 0 Å². The zero-order valence-electron chi connectivity index (χ0n) is 12.2. The van der Waals surface area contributed by atoms with E-state index in [1.165, 1.54) is 11.1 Å². The van der Waals surface area contributed by atoms with Crippen molar-refractivity contribution in [3.63, 3.8) is 0 Å². The number of carbonyl (C=O) groups is 1. The Morgan fingerprint density at radius 2 is 1.95 bits per heavy atom. The Labute approximate surface area is 121 Å². The largest absolute Gasteiger partial charge is 0.478 e. The number of carboxylic acid groups (broad SMARTS) is 1. The second-order valence-corrected chi connectivity index (χ2v) is 5.29. The number of carboxylic acids is 1. The molecule has 0 spiro atoms. The molecule has 0 aliphatic heterocycles. The first kappa shape index (κ1) is 13.4. The molecule has 2 aromatic heterocycles. The van der Waals surface area contributed by atoms with E-state index in [1.807, 2.05) is 4.57 Å². The van der Waals surface area contributed by atoms with E-state index in [9.17, 15) is 4.79 Å². The first-order chi connectivity index (χ1) is 9.95. The van der Waals surface area contributed by atoms with Gasteiger partial charge in [0, 0.05) is 0 Å². The van der Waals surface area contributed by atoms with Crippen molar-refractivity contribution in [2.75, 3.05) is 0 Å². The summed E-state index contributed by atoms with van der Waals surface area (Å²) in [4.78, 5) is 15.4. The normalized spacial score (nSPS) is 11.2. The zero-order chi connectivity index (χ0) is 15.1. The van der Waals surface area contributed by atoms with E-state index in [2.05, 4.69) is 31.0 Å². The molecule has 0 aliphatic rings. The van der Waals surface area contributed by atoms with Crippen LogP contribution >= 0.6 is 0 Å². The molecule has 21 heavy (non-hydrogen) atoms. The summed E-state index contributed by atoms with van der Waals surface area (Å²) >= 11 is 0. The number of furan rings is 1. The Bertz CT molecular complexity index is 843. The summed E-state index contributed by atoms with van der Waals surface area (Å²) in [7, 11) is 0. The number of aromatic carboxylic acids is 1. The number of benzene rings is 1. The minimum atomic E-state index is -0.968. The Hall–Kier alpha value is -2.56. The van der Waals surface area contributed by atoms with Crippen LogP contribution in [0.4, 0.5) is 0 Å². The van der Waals surface area contributed by atoms with Gasteiger partial charge < -0.3 is 14.1 Å². The minimum Gasteiger partial charge on any atom is -0.478 e. The van der Waals surface area contributed by atoms with E-state index in [4.69, 9.17) is 9.52 Å². The lowest BCUT2D eigenvalue weighted by Gasteiger charge is -2.04. The maximum atomic E-state index is 11.1. The Kier molecular flexibility index (Phi) is 3.05. The van der Waals surface area contributed by atoms with Gasteiger partial charge in [0.15, 0.2) is 0 Å². The van der Waals surface area contributed by atoms with Crippen LogP contribution in [-0.4, -0.2) is 20.6 Å². The zero-order valence-corrected chi connectivity index (χ0v) is 12.2. The number of nitrogens with zero attached hydrogens (tertiary/aromatic N) is 2. The second kappa shape index (κ2) is 4.77. The molecule has 0 fully saturated rings. The van der Waals surface area contributed by atoms with Crippen LogP contribution in [0.15, 0.2) is 28.9 Å². The van der Waals surface area contributed by atoms with Gasteiger partial charge in [-0.25, -0.2) is 9.78 Å². The van der Waals surface area contributed by atoms with Crippen molar-refractivity contribution < 1.29 is 14.3 Å². The molecular formula is C16H16N2O3. The Morgan fingerprint density at radius 3 is 2.62 bits per heavy atom. The standard InChI is InChI=1S/C16H16N2O3/c1-9-4-14-15(5-10(9)2)18(8-17-14)7-12-6-13(16(19)20)11(3)21-12/h4-6,8H,7H2,1-3H3,(H,19,20). The quantitative estimate of drug-likeness (QED) is 0.801. The van der Waals surface area contributed by atoms with Gasteiger partial charge in [0.1, 0.15) is 17.1 Å². The summed E-state index contributed by atoms with van der Waals surface area (Å²) < 4.78 is 7.49. The van der Waals surface area contributed by atoms with E-state index in [0.29, 0.717) is 18.1 Å². The number of imidazole rings is 1. The van der Waals surface area contributed by atoms with Crippen LogP contribution < -0.4 is 0 Å². The van der Waals surface area contributed by atoms with Crippen LogP contribution in [0.3, 0.4) is 0 Å². The number of aromatic nitrogens is 2. The van der Waals surface area contributed by atoms with Crippen LogP contribution in [0.5, 0.6) is 0 Å². The Balaban J connectivity index is 2.00. The van der Waals surface area contributed by atoms with Gasteiger partial charge in [-0.05, 0) is 50.1 Å². The fourth-order valence-electron chi connectivity index (χ4n) is 2.44. The smallest absolute Gasteiger partial charge is 0.339 e. The van der Waals surface area contributed by atoms with Gasteiger partial charge in [-0.2, -0.15) is 0 Å². The molecule has 108 valence electrons. The molecule has 2 heterocycles. The highest BCUT2D eigenvalue weighted by Crippen LogP contribution is 2.21. The van der Waals surface area contributed by atoms with Gasteiger partial charge in [-0.15, -0.1) is 0 Å². The number of hydrogen-bond donors (Lipinski definition) is 1. The number of aryl methyl sites for hydroxylation is 3. The van der Waals surface area contributed by atoms with Crippen LogP contribution in [0, 0.1) is 20.8 Å². The van der Waals surface area contributed by atoms with Crippen molar-refractivity contribution >= 4 is 17.0 Å². The van der Waals surface area contributed by atoms with Gasteiger partial charge in [0.05, 0.1) is 23.9 Å². The summed E-state index contributed by atoms with van der Waals surface area (Å²) in [6.07, 6.45) is 1.75. The lowest BCUT2D eigenvalue weighted by molar-refractivity contribution is 0.0695. The SMILES string of the molecule is Cc1cc2ncn(Cc3cc(C(=O)O)c(C)o3)c2cc1C. The highest BCUT2D eigenvalue weighted by Gasteiger charge is 2.14. The van der Waals surface area contributed by atoms with Crippen molar-refractivity contribution in [1.82, 2.24) is 9.55 Å². The number of rotatable bonds is 3. The van der Waals surface area contributed by atoms with Gasteiger partial charge in [-0.3, -0.25) is 0 Å². The molecule has 0 bridgehead atoms. The molecule has 0 radical (unpaired) electrons. The average Bonchev–Trinajstić information content (AvgIpc) is 2.96. The maximum absolute atomic E-state index is 11.1. The van der Waals surface area contributed by atoms with Crippen molar-refractivity contribution in [3.05, 3.63) is 52.7 Å². The highest BCUT2D eigenvalue weighted by atomic mass is 16.4. The van der Waals surface area contributed by atoms with Gasteiger partial charge >= 0.3 is 5.97 Å². The highest BCUT2D eigenvalue weighted by molar-refractivity contribution is 5.88. The van der Waals surface area contributed by atoms with E-state index in [-0.39, 0.29) is 5.56 Å². The number of fused-ring (bicyclic) bond motifs is 1. The third-order valence-electron chi connectivity index (χ3n) is 3.76. The average molecular weight is 284 g/mol. The summed E-state index contributed by atoms with van der Waals surface area (Å²) in [5, 5.41) is 9.06. The molecule has 3 aromatic rings. The van der Waals surface area contributed by atoms with E-state index < -0.39 is 5.97 Å². The van der Waals surface area contributed by atoms with Gasteiger partial charge in [0.25, 0.3) is 0 Å².